The molecule has 1 fully saturated rings. The lowest BCUT2D eigenvalue weighted by Gasteiger charge is -2.15. The van der Waals surface area contributed by atoms with Gasteiger partial charge in [-0.25, -0.2) is 13.9 Å². The van der Waals surface area contributed by atoms with Crippen LogP contribution in [0.4, 0.5) is 17.6 Å². The predicted octanol–water partition coefficient (Wildman–Crippen LogP) is 4.84. The molecule has 1 aliphatic heterocycles. The topological polar surface area (TPSA) is 71.8 Å². The molecule has 0 radical (unpaired) electrons. The molecule has 0 spiro atoms. The highest BCUT2D eigenvalue weighted by atomic mass is 32.1. The van der Waals surface area contributed by atoms with Gasteiger partial charge in [0.05, 0.1) is 11.1 Å². The first-order valence-electron chi connectivity index (χ1n) is 11.6. The quantitative estimate of drug-likeness (QED) is 0.328. The number of rotatable bonds is 8. The summed E-state index contributed by atoms with van der Waals surface area (Å²) in [4.78, 5) is 18.8. The lowest BCUT2D eigenvalue weighted by atomic mass is 10.1. The number of nitrogens with zero attached hydrogens (tertiary/aromatic N) is 4. The molecule has 0 bridgehead atoms. The molecule has 12 heteroatoms. The number of carbonyl (C=O) groups excluding carboxylic acids is 1. The van der Waals surface area contributed by atoms with E-state index in [1.54, 1.807) is 22.3 Å². The number of amides is 1. The van der Waals surface area contributed by atoms with Crippen LogP contribution in [0.3, 0.4) is 0 Å². The van der Waals surface area contributed by atoms with Crippen molar-refractivity contribution in [3.05, 3.63) is 59.2 Å². The standard InChI is InChI=1S/C25H23F4N5O2S/c26-19-5-6-33(13-19)7-8-36-20-3-1-16(2-4-20)18-10-30-23-21(11-32-34(23)12-18)17-9-22(37-14-17)24(35)31-15-25(27,28)29/h1-4,9-12,14,19H,5-8,13,15H2,(H,31,35)/t19-/m0/s1. The van der Waals surface area contributed by atoms with Crippen molar-refractivity contribution in [2.75, 3.05) is 32.8 Å². The fourth-order valence-electron chi connectivity index (χ4n) is 4.12. The van der Waals surface area contributed by atoms with E-state index in [4.69, 9.17) is 4.74 Å². The molecule has 5 rings (SSSR count). The molecular formula is C25H23F4N5O2S. The van der Waals surface area contributed by atoms with Gasteiger partial charge in [0, 0.05) is 43.2 Å². The zero-order valence-corrected chi connectivity index (χ0v) is 20.4. The third-order valence-electron chi connectivity index (χ3n) is 6.02. The van der Waals surface area contributed by atoms with Crippen molar-refractivity contribution < 1.29 is 27.1 Å². The summed E-state index contributed by atoms with van der Waals surface area (Å²) in [5.41, 5.74) is 3.62. The Bertz CT molecular complexity index is 1390. The van der Waals surface area contributed by atoms with E-state index in [1.807, 2.05) is 35.8 Å². The molecule has 3 aromatic heterocycles. The first-order chi connectivity index (χ1) is 17.7. The van der Waals surface area contributed by atoms with Gasteiger partial charge in [-0.05, 0) is 41.1 Å². The Morgan fingerprint density at radius 1 is 1.16 bits per heavy atom. The normalized spacial score (nSPS) is 16.4. The van der Waals surface area contributed by atoms with Gasteiger partial charge in [0.25, 0.3) is 5.91 Å². The molecule has 0 aliphatic carbocycles. The average molecular weight is 534 g/mol. The van der Waals surface area contributed by atoms with Gasteiger partial charge in [-0.15, -0.1) is 11.3 Å². The van der Waals surface area contributed by atoms with E-state index in [1.165, 1.54) is 6.07 Å². The van der Waals surface area contributed by atoms with E-state index in [0.717, 1.165) is 34.8 Å². The number of aromatic nitrogens is 3. The number of fused-ring (bicyclic) bond motifs is 1. The molecule has 1 saturated heterocycles. The molecular weight excluding hydrogens is 510 g/mol. The molecule has 1 atom stereocenters. The van der Waals surface area contributed by atoms with Crippen LogP contribution in [0, 0.1) is 0 Å². The van der Waals surface area contributed by atoms with E-state index < -0.39 is 24.8 Å². The van der Waals surface area contributed by atoms with Crippen molar-refractivity contribution in [2.24, 2.45) is 0 Å². The van der Waals surface area contributed by atoms with Crippen LogP contribution >= 0.6 is 11.3 Å². The highest BCUT2D eigenvalue weighted by molar-refractivity contribution is 7.12. The van der Waals surface area contributed by atoms with Crippen molar-refractivity contribution in [1.82, 2.24) is 24.8 Å². The van der Waals surface area contributed by atoms with E-state index in [2.05, 4.69) is 15.0 Å². The second-order valence-corrected chi connectivity index (χ2v) is 9.64. The maximum atomic E-state index is 13.3. The van der Waals surface area contributed by atoms with Gasteiger partial charge in [-0.1, -0.05) is 12.1 Å². The monoisotopic (exact) mass is 533 g/mol. The number of thiophene rings is 1. The van der Waals surface area contributed by atoms with Crippen LogP contribution in [0.5, 0.6) is 5.75 Å². The summed E-state index contributed by atoms with van der Waals surface area (Å²) in [6.45, 7) is 1.03. The smallest absolute Gasteiger partial charge is 0.405 e. The fourth-order valence-corrected chi connectivity index (χ4v) is 4.94. The third-order valence-corrected chi connectivity index (χ3v) is 6.95. The number of ether oxygens (including phenoxy) is 1. The Morgan fingerprint density at radius 2 is 1.97 bits per heavy atom. The molecule has 1 aliphatic rings. The summed E-state index contributed by atoms with van der Waals surface area (Å²) in [5.74, 6) is -0.0557. The number of nitrogens with one attached hydrogen (secondary N) is 1. The molecule has 37 heavy (non-hydrogen) atoms. The zero-order chi connectivity index (χ0) is 26.0. The van der Waals surface area contributed by atoms with Crippen LogP contribution in [0.1, 0.15) is 16.1 Å². The van der Waals surface area contributed by atoms with E-state index in [0.29, 0.717) is 42.9 Å². The number of likely N-dealkylation sites (tertiary alicyclic amines) is 1. The minimum absolute atomic E-state index is 0.171. The molecule has 1 amide bonds. The Hall–Kier alpha value is -3.51. The van der Waals surface area contributed by atoms with Gasteiger partial charge in [0.1, 0.15) is 25.1 Å². The van der Waals surface area contributed by atoms with E-state index in [9.17, 15) is 22.4 Å². The molecule has 4 heterocycles. The van der Waals surface area contributed by atoms with Crippen molar-refractivity contribution in [2.45, 2.75) is 18.8 Å². The third kappa shape index (κ3) is 6.08. The number of hydrogen-bond acceptors (Lipinski definition) is 6. The maximum absolute atomic E-state index is 13.3. The highest BCUT2D eigenvalue weighted by Crippen LogP contribution is 2.30. The Balaban J connectivity index is 1.24. The number of hydrogen-bond donors (Lipinski definition) is 1. The second-order valence-electron chi connectivity index (χ2n) is 8.73. The maximum Gasteiger partial charge on any atom is 0.405 e. The minimum Gasteiger partial charge on any atom is -0.492 e. The molecule has 4 aromatic rings. The summed E-state index contributed by atoms with van der Waals surface area (Å²) in [6.07, 6.45) is 0.515. The first kappa shape index (κ1) is 25.2. The lowest BCUT2D eigenvalue weighted by Crippen LogP contribution is -2.33. The minimum atomic E-state index is -4.47. The lowest BCUT2D eigenvalue weighted by molar-refractivity contribution is -0.123. The SMILES string of the molecule is O=C(NCC(F)(F)F)c1cc(-c2cnn3cc(-c4ccc(OCCN5CC[C@H](F)C5)cc4)cnc23)cs1. The van der Waals surface area contributed by atoms with Crippen molar-refractivity contribution in [3.8, 4) is 28.0 Å². The van der Waals surface area contributed by atoms with Crippen LogP contribution in [-0.2, 0) is 0 Å². The predicted molar refractivity (Wildman–Crippen MR) is 132 cm³/mol. The van der Waals surface area contributed by atoms with Crippen LogP contribution < -0.4 is 10.1 Å². The Labute approximate surface area is 213 Å². The first-order valence-corrected chi connectivity index (χ1v) is 12.5. The van der Waals surface area contributed by atoms with Crippen molar-refractivity contribution in [1.29, 1.82) is 0 Å². The number of benzene rings is 1. The fraction of sp³-hybridized carbons (Fsp3) is 0.320. The molecule has 1 aromatic carbocycles. The largest absolute Gasteiger partial charge is 0.492 e. The summed E-state index contributed by atoms with van der Waals surface area (Å²) >= 11 is 1.05. The highest BCUT2D eigenvalue weighted by Gasteiger charge is 2.28. The molecule has 194 valence electrons. The number of carbonyl (C=O) groups is 1. The van der Waals surface area contributed by atoms with E-state index >= 15 is 0 Å². The van der Waals surface area contributed by atoms with Crippen LogP contribution in [0.15, 0.2) is 54.3 Å². The van der Waals surface area contributed by atoms with Crippen molar-refractivity contribution >= 4 is 22.9 Å². The van der Waals surface area contributed by atoms with Crippen LogP contribution in [0.25, 0.3) is 27.9 Å². The number of halogens is 4. The van der Waals surface area contributed by atoms with Crippen molar-refractivity contribution in [3.63, 3.8) is 0 Å². The summed E-state index contributed by atoms with van der Waals surface area (Å²) in [5, 5.41) is 7.92. The summed E-state index contributed by atoms with van der Waals surface area (Å²) < 4.78 is 57.8. The Kier molecular flexibility index (Phi) is 7.11. The second kappa shape index (κ2) is 10.5. The van der Waals surface area contributed by atoms with Gasteiger partial charge < -0.3 is 10.1 Å². The van der Waals surface area contributed by atoms with Crippen LogP contribution in [-0.4, -0.2) is 70.5 Å². The molecule has 0 unspecified atom stereocenters. The zero-order valence-electron chi connectivity index (χ0n) is 19.5. The Morgan fingerprint density at radius 3 is 2.70 bits per heavy atom. The average Bonchev–Trinajstić information content (AvgIpc) is 3.62. The van der Waals surface area contributed by atoms with Gasteiger partial charge in [0.2, 0.25) is 0 Å². The van der Waals surface area contributed by atoms with Gasteiger partial charge >= 0.3 is 6.18 Å². The van der Waals surface area contributed by atoms with Gasteiger partial charge in [-0.3, -0.25) is 9.69 Å². The van der Waals surface area contributed by atoms with E-state index in [-0.39, 0.29) is 4.88 Å². The van der Waals surface area contributed by atoms with Crippen LogP contribution in [0.2, 0.25) is 0 Å². The molecule has 7 nitrogen and oxygen atoms in total. The summed E-state index contributed by atoms with van der Waals surface area (Å²) in [7, 11) is 0. The molecule has 1 N–H and O–H groups in total. The molecule has 0 saturated carbocycles. The summed E-state index contributed by atoms with van der Waals surface area (Å²) in [6, 6.07) is 9.10. The number of alkyl halides is 4. The van der Waals surface area contributed by atoms with Gasteiger partial charge in [0.15, 0.2) is 5.65 Å². The van der Waals surface area contributed by atoms with Gasteiger partial charge in [-0.2, -0.15) is 18.3 Å².